The number of hydrogen-bond donors (Lipinski definition) is 2. The van der Waals surface area contributed by atoms with Gasteiger partial charge in [-0.2, -0.15) is 0 Å². The van der Waals surface area contributed by atoms with Gasteiger partial charge in [-0.25, -0.2) is 13.6 Å². The summed E-state index contributed by atoms with van der Waals surface area (Å²) in [4.78, 5) is 12.9. The highest BCUT2D eigenvalue weighted by molar-refractivity contribution is 6.08. The van der Waals surface area contributed by atoms with E-state index in [0.717, 1.165) is 6.42 Å². The molecular weight excluding hydrogens is 340 g/mol. The summed E-state index contributed by atoms with van der Waals surface area (Å²) < 4.78 is 29.1. The van der Waals surface area contributed by atoms with E-state index in [1.807, 2.05) is 6.92 Å². The van der Waals surface area contributed by atoms with Crippen LogP contribution in [-0.2, 0) is 6.54 Å². The van der Waals surface area contributed by atoms with Crippen LogP contribution in [0.1, 0.15) is 13.3 Å². The summed E-state index contributed by atoms with van der Waals surface area (Å²) in [6.07, 6.45) is -0.146. The molecule has 3 aromatic rings. The smallest absolute Gasteiger partial charge is 0.314 e. The first-order valence-electron chi connectivity index (χ1n) is 8.50. The lowest BCUT2D eigenvalue weighted by Crippen LogP contribution is -2.42. The second-order valence-corrected chi connectivity index (χ2v) is 6.37. The normalized spacial score (nSPS) is 12.6. The largest absolute Gasteiger partial charge is 0.389 e. The highest BCUT2D eigenvalue weighted by Gasteiger charge is 2.18. The Morgan fingerprint density at radius 2 is 1.69 bits per heavy atom. The molecule has 0 unspecified atom stereocenters. The highest BCUT2D eigenvalue weighted by Crippen LogP contribution is 2.30. The van der Waals surface area contributed by atoms with Crippen molar-refractivity contribution in [3.63, 3.8) is 0 Å². The number of primary amides is 1. The molecule has 0 bridgehead atoms. The van der Waals surface area contributed by atoms with Crippen LogP contribution in [0.25, 0.3) is 21.8 Å². The van der Waals surface area contributed by atoms with Crippen LogP contribution in [0.15, 0.2) is 36.4 Å². The van der Waals surface area contributed by atoms with E-state index in [-0.39, 0.29) is 13.1 Å². The Morgan fingerprint density at radius 1 is 1.15 bits per heavy atom. The number of urea groups is 1. The number of aromatic nitrogens is 1. The van der Waals surface area contributed by atoms with Gasteiger partial charge in [-0.3, -0.25) is 0 Å². The molecule has 0 aliphatic carbocycles. The van der Waals surface area contributed by atoms with Crippen LogP contribution < -0.4 is 5.73 Å². The molecule has 3 N–H and O–H groups in total. The molecule has 0 saturated carbocycles. The molecule has 0 spiro atoms. The van der Waals surface area contributed by atoms with Crippen molar-refractivity contribution in [2.24, 2.45) is 5.73 Å². The summed E-state index contributed by atoms with van der Waals surface area (Å²) >= 11 is 0. The first-order chi connectivity index (χ1) is 12.4. The maximum absolute atomic E-state index is 13.7. The minimum absolute atomic E-state index is 0.0900. The van der Waals surface area contributed by atoms with Crippen LogP contribution in [0.3, 0.4) is 0 Å². The average molecular weight is 361 g/mol. The number of aliphatic hydroxyl groups is 1. The second-order valence-electron chi connectivity index (χ2n) is 6.37. The third-order valence-electron chi connectivity index (χ3n) is 4.42. The van der Waals surface area contributed by atoms with Crippen LogP contribution in [0.2, 0.25) is 0 Å². The van der Waals surface area contributed by atoms with Crippen LogP contribution in [0, 0.1) is 11.6 Å². The van der Waals surface area contributed by atoms with Crippen molar-refractivity contribution in [2.75, 3.05) is 13.1 Å². The predicted octanol–water partition coefficient (Wildman–Crippen LogP) is 3.22. The molecule has 1 heterocycles. The maximum atomic E-state index is 13.7. The molecular formula is C19H21F2N3O2. The third kappa shape index (κ3) is 3.48. The van der Waals surface area contributed by atoms with Crippen molar-refractivity contribution in [1.29, 1.82) is 0 Å². The fraction of sp³-hybridized carbons (Fsp3) is 0.316. The molecule has 0 fully saturated rings. The van der Waals surface area contributed by atoms with Crippen molar-refractivity contribution in [1.82, 2.24) is 9.47 Å². The van der Waals surface area contributed by atoms with E-state index in [1.54, 1.807) is 16.7 Å². The first kappa shape index (κ1) is 18.1. The van der Waals surface area contributed by atoms with Crippen LogP contribution in [-0.4, -0.2) is 39.8 Å². The van der Waals surface area contributed by atoms with Gasteiger partial charge in [0, 0.05) is 28.4 Å². The maximum Gasteiger partial charge on any atom is 0.314 e. The molecule has 0 aliphatic heterocycles. The standard InChI is InChI=1S/C19H21F2N3O2/c1-2-7-23(19(22)26)10-14(25)11-24-17-5-3-12(20)8-15(17)16-9-13(21)4-6-18(16)24/h3-6,8-9,14,25H,2,7,10-11H2,1H3,(H2,22,26)/t14-/m0/s1. The zero-order valence-electron chi connectivity index (χ0n) is 14.5. The van der Waals surface area contributed by atoms with Gasteiger partial charge < -0.3 is 20.3 Å². The summed E-state index contributed by atoms with van der Waals surface area (Å²) in [6.45, 7) is 2.63. The van der Waals surface area contributed by atoms with Gasteiger partial charge >= 0.3 is 6.03 Å². The van der Waals surface area contributed by atoms with E-state index in [0.29, 0.717) is 28.4 Å². The Kier molecular flexibility index (Phi) is 5.08. The van der Waals surface area contributed by atoms with Crippen LogP contribution >= 0.6 is 0 Å². The molecule has 0 saturated heterocycles. The van der Waals surface area contributed by atoms with Gasteiger partial charge in [-0.1, -0.05) is 6.92 Å². The number of amides is 2. The number of fused-ring (bicyclic) bond motifs is 3. The number of aliphatic hydroxyl groups excluding tert-OH is 1. The van der Waals surface area contributed by atoms with E-state index < -0.39 is 23.8 Å². The molecule has 5 nitrogen and oxygen atoms in total. The van der Waals surface area contributed by atoms with Gasteiger partial charge in [0.25, 0.3) is 0 Å². The number of nitrogens with two attached hydrogens (primary N) is 1. The average Bonchev–Trinajstić information content (AvgIpc) is 2.87. The lowest BCUT2D eigenvalue weighted by molar-refractivity contribution is 0.111. The van der Waals surface area contributed by atoms with Gasteiger partial charge in [0.15, 0.2) is 0 Å². The minimum atomic E-state index is -0.872. The lowest BCUT2D eigenvalue weighted by atomic mass is 10.1. The molecule has 7 heteroatoms. The van der Waals surface area contributed by atoms with Crippen molar-refractivity contribution >= 4 is 27.8 Å². The van der Waals surface area contributed by atoms with Crippen molar-refractivity contribution in [3.8, 4) is 0 Å². The Hall–Kier alpha value is -2.67. The summed E-state index contributed by atoms with van der Waals surface area (Å²) in [5.74, 6) is -0.826. The molecule has 1 aromatic heterocycles. The molecule has 0 aliphatic rings. The quantitative estimate of drug-likeness (QED) is 0.708. The van der Waals surface area contributed by atoms with Crippen molar-refractivity contribution < 1.29 is 18.7 Å². The second kappa shape index (κ2) is 7.29. The van der Waals surface area contributed by atoms with Gasteiger partial charge in [0.05, 0.1) is 19.2 Å². The summed E-state index contributed by atoms with van der Waals surface area (Å²) in [5.41, 5.74) is 6.72. The van der Waals surface area contributed by atoms with Gasteiger partial charge in [-0.05, 0) is 42.8 Å². The molecule has 1 atom stereocenters. The monoisotopic (exact) mass is 361 g/mol. The molecule has 2 aromatic carbocycles. The fourth-order valence-electron chi connectivity index (χ4n) is 3.33. The molecule has 0 radical (unpaired) electrons. The molecule has 26 heavy (non-hydrogen) atoms. The number of carbonyl (C=O) groups excluding carboxylic acids is 1. The molecule has 2 amide bonds. The van der Waals surface area contributed by atoms with E-state index in [1.165, 1.54) is 29.2 Å². The van der Waals surface area contributed by atoms with E-state index >= 15 is 0 Å². The molecule has 3 rings (SSSR count). The van der Waals surface area contributed by atoms with Gasteiger partial charge in [0.1, 0.15) is 11.6 Å². The Balaban J connectivity index is 1.99. The summed E-state index contributed by atoms with van der Waals surface area (Å²) in [6, 6.07) is 7.98. The van der Waals surface area contributed by atoms with E-state index in [9.17, 15) is 18.7 Å². The fourth-order valence-corrected chi connectivity index (χ4v) is 3.33. The van der Waals surface area contributed by atoms with E-state index in [2.05, 4.69) is 0 Å². The molecule has 138 valence electrons. The first-order valence-corrected chi connectivity index (χ1v) is 8.50. The van der Waals surface area contributed by atoms with E-state index in [4.69, 9.17) is 5.73 Å². The number of hydrogen-bond acceptors (Lipinski definition) is 2. The van der Waals surface area contributed by atoms with Crippen LogP contribution in [0.5, 0.6) is 0 Å². The van der Waals surface area contributed by atoms with Gasteiger partial charge in [0.2, 0.25) is 0 Å². The number of benzene rings is 2. The van der Waals surface area contributed by atoms with Crippen molar-refractivity contribution in [3.05, 3.63) is 48.0 Å². The number of rotatable bonds is 6. The Bertz CT molecular complexity index is 896. The lowest BCUT2D eigenvalue weighted by Gasteiger charge is -2.23. The number of nitrogens with zero attached hydrogens (tertiary/aromatic N) is 2. The van der Waals surface area contributed by atoms with Crippen LogP contribution in [0.4, 0.5) is 13.6 Å². The van der Waals surface area contributed by atoms with Crippen molar-refractivity contribution in [2.45, 2.75) is 26.0 Å². The zero-order chi connectivity index (χ0) is 18.8. The number of carbonyl (C=O) groups is 1. The third-order valence-corrected chi connectivity index (χ3v) is 4.42. The summed E-state index contributed by atoms with van der Waals surface area (Å²) in [7, 11) is 0. The zero-order valence-corrected chi connectivity index (χ0v) is 14.5. The Morgan fingerprint density at radius 3 is 2.15 bits per heavy atom. The number of halogens is 2. The SMILES string of the molecule is CCCN(C[C@H](O)Cn1c2ccc(F)cc2c2cc(F)ccc21)C(N)=O. The summed E-state index contributed by atoms with van der Waals surface area (Å²) in [5, 5.41) is 11.6. The minimum Gasteiger partial charge on any atom is -0.389 e. The van der Waals surface area contributed by atoms with Gasteiger partial charge in [-0.15, -0.1) is 0 Å². The predicted molar refractivity (Wildman–Crippen MR) is 96.8 cm³/mol. The topological polar surface area (TPSA) is 71.5 Å². The Labute approximate surface area is 149 Å². The highest BCUT2D eigenvalue weighted by atomic mass is 19.1.